The third-order valence-corrected chi connectivity index (χ3v) is 3.83. The Balaban J connectivity index is 0.00000242. The van der Waals surface area contributed by atoms with E-state index in [0.717, 1.165) is 30.8 Å². The number of hydrogen-bond donors (Lipinski definition) is 2. The van der Waals surface area contributed by atoms with Crippen LogP contribution in [-0.2, 0) is 4.79 Å². The number of carbonyl (C=O) groups excluding carboxylic acids is 1. The number of amides is 1. The summed E-state index contributed by atoms with van der Waals surface area (Å²) >= 11 is 0. The molecule has 4 nitrogen and oxygen atoms in total. The third-order valence-electron chi connectivity index (χ3n) is 3.83. The number of carbonyl (C=O) groups is 1. The maximum atomic E-state index is 12.1. The fourth-order valence-electron chi connectivity index (χ4n) is 2.58. The van der Waals surface area contributed by atoms with E-state index in [2.05, 4.69) is 23.6 Å². The second-order valence-corrected chi connectivity index (χ2v) is 5.44. The van der Waals surface area contributed by atoms with Gasteiger partial charge in [-0.05, 0) is 30.5 Å². The molecule has 1 aliphatic heterocycles. The summed E-state index contributed by atoms with van der Waals surface area (Å²) in [6.45, 7) is 4.63. The van der Waals surface area contributed by atoms with Crippen LogP contribution in [0.5, 0.6) is 5.75 Å². The van der Waals surface area contributed by atoms with E-state index in [9.17, 15) is 4.79 Å². The average molecular weight is 325 g/mol. The van der Waals surface area contributed by atoms with Crippen LogP contribution >= 0.6 is 12.4 Å². The summed E-state index contributed by atoms with van der Waals surface area (Å²) in [4.78, 5) is 12.1. The second-order valence-electron chi connectivity index (χ2n) is 5.44. The summed E-state index contributed by atoms with van der Waals surface area (Å²) in [5.74, 6) is 1.08. The fraction of sp³-hybridized carbons (Fsp3) is 0.471. The standard InChI is InChI=1S/C17H24N2O2.ClH/c1-13(15-5-3-4-6-16(15)21-2)11-17(20)19-12-14-7-9-18-10-8-14;/h3-7,13,18H,8-12H2,1-2H3,(H,19,20);1H. The number of benzene rings is 1. The zero-order chi connectivity index (χ0) is 15.1. The van der Waals surface area contributed by atoms with Crippen molar-refractivity contribution in [1.82, 2.24) is 10.6 Å². The Kier molecular flexibility index (Phi) is 7.99. The van der Waals surface area contributed by atoms with Gasteiger partial charge in [0.15, 0.2) is 0 Å². The van der Waals surface area contributed by atoms with Gasteiger partial charge in [0, 0.05) is 19.5 Å². The van der Waals surface area contributed by atoms with Crippen molar-refractivity contribution in [3.8, 4) is 5.75 Å². The van der Waals surface area contributed by atoms with Crippen molar-refractivity contribution in [2.24, 2.45) is 0 Å². The quantitative estimate of drug-likeness (QED) is 0.791. The number of ether oxygens (including phenoxy) is 1. The normalized spacial score (nSPS) is 15.3. The van der Waals surface area contributed by atoms with Gasteiger partial charge in [-0.1, -0.05) is 36.8 Å². The molecule has 0 fully saturated rings. The van der Waals surface area contributed by atoms with E-state index >= 15 is 0 Å². The van der Waals surface area contributed by atoms with E-state index < -0.39 is 0 Å². The molecule has 1 amide bonds. The molecule has 5 heteroatoms. The SMILES string of the molecule is COc1ccccc1C(C)CC(=O)NCC1=CCNCC1.Cl. The Hall–Kier alpha value is -1.52. The van der Waals surface area contributed by atoms with Crippen LogP contribution in [-0.4, -0.2) is 32.7 Å². The first-order valence-electron chi connectivity index (χ1n) is 7.49. The third kappa shape index (κ3) is 5.35. The van der Waals surface area contributed by atoms with Crippen LogP contribution in [0.1, 0.15) is 31.2 Å². The number of halogens is 1. The molecular formula is C17H25ClN2O2. The summed E-state index contributed by atoms with van der Waals surface area (Å²) in [5, 5.41) is 6.28. The molecule has 122 valence electrons. The minimum absolute atomic E-state index is 0. The lowest BCUT2D eigenvalue weighted by Gasteiger charge is -2.17. The molecule has 0 spiro atoms. The van der Waals surface area contributed by atoms with Gasteiger partial charge < -0.3 is 15.4 Å². The molecule has 0 aromatic heterocycles. The molecule has 0 saturated heterocycles. The van der Waals surface area contributed by atoms with Crippen molar-refractivity contribution in [3.05, 3.63) is 41.5 Å². The van der Waals surface area contributed by atoms with Crippen LogP contribution in [0.15, 0.2) is 35.9 Å². The molecule has 0 aliphatic carbocycles. The number of rotatable bonds is 6. The highest BCUT2D eigenvalue weighted by Crippen LogP contribution is 2.28. The van der Waals surface area contributed by atoms with E-state index in [4.69, 9.17) is 4.74 Å². The Labute approximate surface area is 138 Å². The molecule has 1 unspecified atom stereocenters. The molecule has 0 radical (unpaired) electrons. The number of methoxy groups -OCH3 is 1. The average Bonchev–Trinajstić information content (AvgIpc) is 2.53. The molecular weight excluding hydrogens is 300 g/mol. The van der Waals surface area contributed by atoms with Crippen LogP contribution in [0, 0.1) is 0 Å². The maximum absolute atomic E-state index is 12.1. The van der Waals surface area contributed by atoms with Gasteiger partial charge in [0.05, 0.1) is 7.11 Å². The van der Waals surface area contributed by atoms with Gasteiger partial charge in [0.1, 0.15) is 5.75 Å². The summed E-state index contributed by atoms with van der Waals surface area (Å²) in [7, 11) is 1.66. The van der Waals surface area contributed by atoms with E-state index in [-0.39, 0.29) is 24.2 Å². The van der Waals surface area contributed by atoms with Crippen LogP contribution in [0.2, 0.25) is 0 Å². The van der Waals surface area contributed by atoms with Gasteiger partial charge in [-0.3, -0.25) is 4.79 Å². The molecule has 2 rings (SSSR count). The van der Waals surface area contributed by atoms with Crippen molar-refractivity contribution >= 4 is 18.3 Å². The van der Waals surface area contributed by atoms with Crippen LogP contribution in [0.3, 0.4) is 0 Å². The van der Waals surface area contributed by atoms with Crippen LogP contribution in [0.4, 0.5) is 0 Å². The predicted molar refractivity (Wildman–Crippen MR) is 91.9 cm³/mol. The van der Waals surface area contributed by atoms with Crippen LogP contribution < -0.4 is 15.4 Å². The molecule has 22 heavy (non-hydrogen) atoms. The van der Waals surface area contributed by atoms with Crippen molar-refractivity contribution in [2.45, 2.75) is 25.7 Å². The fourth-order valence-corrected chi connectivity index (χ4v) is 2.58. The van der Waals surface area contributed by atoms with Crippen molar-refractivity contribution in [3.63, 3.8) is 0 Å². The molecule has 2 N–H and O–H groups in total. The Bertz CT molecular complexity index is 517. The predicted octanol–water partition coefficient (Wildman–Crippen LogP) is 2.65. The highest BCUT2D eigenvalue weighted by Gasteiger charge is 2.15. The topological polar surface area (TPSA) is 50.4 Å². The zero-order valence-corrected chi connectivity index (χ0v) is 14.0. The number of hydrogen-bond acceptors (Lipinski definition) is 3. The molecule has 1 atom stereocenters. The van der Waals surface area contributed by atoms with Gasteiger partial charge in [0.2, 0.25) is 5.91 Å². The lowest BCUT2D eigenvalue weighted by atomic mass is 9.96. The molecule has 1 aliphatic rings. The minimum atomic E-state index is 0. The molecule has 1 heterocycles. The Morgan fingerprint density at radius 2 is 2.18 bits per heavy atom. The summed E-state index contributed by atoms with van der Waals surface area (Å²) in [6.07, 6.45) is 3.65. The van der Waals surface area contributed by atoms with E-state index in [1.807, 2.05) is 24.3 Å². The highest BCUT2D eigenvalue weighted by atomic mass is 35.5. The van der Waals surface area contributed by atoms with Crippen molar-refractivity contribution in [1.29, 1.82) is 0 Å². The maximum Gasteiger partial charge on any atom is 0.220 e. The summed E-state index contributed by atoms with van der Waals surface area (Å²) < 4.78 is 5.36. The molecule has 0 saturated carbocycles. The smallest absolute Gasteiger partial charge is 0.220 e. The number of para-hydroxylation sites is 1. The zero-order valence-electron chi connectivity index (χ0n) is 13.2. The minimum Gasteiger partial charge on any atom is -0.496 e. The van der Waals surface area contributed by atoms with Gasteiger partial charge in [-0.2, -0.15) is 0 Å². The molecule has 0 bridgehead atoms. The summed E-state index contributed by atoms with van der Waals surface area (Å²) in [5.41, 5.74) is 2.39. The first-order chi connectivity index (χ1) is 10.2. The van der Waals surface area contributed by atoms with Crippen molar-refractivity contribution in [2.75, 3.05) is 26.7 Å². The van der Waals surface area contributed by atoms with E-state index in [1.54, 1.807) is 7.11 Å². The van der Waals surface area contributed by atoms with Gasteiger partial charge in [-0.25, -0.2) is 0 Å². The first kappa shape index (κ1) is 18.5. The highest BCUT2D eigenvalue weighted by molar-refractivity contribution is 5.85. The second kappa shape index (κ2) is 9.49. The lowest BCUT2D eigenvalue weighted by Crippen LogP contribution is -2.30. The Morgan fingerprint density at radius 3 is 2.86 bits per heavy atom. The van der Waals surface area contributed by atoms with Crippen LogP contribution in [0.25, 0.3) is 0 Å². The monoisotopic (exact) mass is 324 g/mol. The van der Waals surface area contributed by atoms with Gasteiger partial charge in [-0.15, -0.1) is 12.4 Å². The Morgan fingerprint density at radius 1 is 1.41 bits per heavy atom. The molecule has 1 aromatic rings. The number of nitrogens with one attached hydrogen (secondary N) is 2. The molecule has 1 aromatic carbocycles. The van der Waals surface area contributed by atoms with E-state index in [1.165, 1.54) is 5.57 Å². The largest absolute Gasteiger partial charge is 0.496 e. The van der Waals surface area contributed by atoms with Gasteiger partial charge in [0.25, 0.3) is 0 Å². The van der Waals surface area contributed by atoms with Crippen molar-refractivity contribution < 1.29 is 9.53 Å². The lowest BCUT2D eigenvalue weighted by molar-refractivity contribution is -0.121. The van der Waals surface area contributed by atoms with E-state index in [0.29, 0.717) is 13.0 Å². The van der Waals surface area contributed by atoms with Gasteiger partial charge >= 0.3 is 0 Å². The summed E-state index contributed by atoms with van der Waals surface area (Å²) in [6, 6.07) is 7.88. The first-order valence-corrected chi connectivity index (χ1v) is 7.49.